The Bertz CT molecular complexity index is 1060. The third kappa shape index (κ3) is 7.07. The second-order valence-corrected chi connectivity index (χ2v) is 6.39. The summed E-state index contributed by atoms with van der Waals surface area (Å²) in [6, 6.07) is 27.8. The van der Waals surface area contributed by atoms with Gasteiger partial charge >= 0.3 is 18.0 Å². The van der Waals surface area contributed by atoms with Gasteiger partial charge in [-0.05, 0) is 16.7 Å². The topological polar surface area (TPSA) is 103 Å². The Labute approximate surface area is 189 Å². The van der Waals surface area contributed by atoms with Crippen LogP contribution < -0.4 is 14.5 Å². The second-order valence-electron chi connectivity index (χ2n) is 6.39. The number of aromatic nitrogens is 3. The van der Waals surface area contributed by atoms with E-state index in [-0.39, 0.29) is 18.0 Å². The van der Waals surface area contributed by atoms with Crippen LogP contribution in [0, 0.1) is 0 Å². The van der Waals surface area contributed by atoms with E-state index >= 15 is 0 Å². The molecule has 0 amide bonds. The lowest BCUT2D eigenvalue weighted by Gasteiger charge is -2.02. The van der Waals surface area contributed by atoms with E-state index in [1.54, 1.807) is 0 Å². The van der Waals surface area contributed by atoms with E-state index in [4.69, 9.17) is 14.5 Å². The quantitative estimate of drug-likeness (QED) is 0.288. The van der Waals surface area contributed by atoms with Gasteiger partial charge in [-0.25, -0.2) is 0 Å². The standard InChI is InChI=1S/C24H18N6O3/c1-4-10-19(11-5-1)16-25-31-22-28-23(32-26-17-20-12-6-2-7-13-20)30-24(29-22)33-27-18-21-14-8-3-9-15-21/h1-18H/b25-16-,26-17-,27-18?. The van der Waals surface area contributed by atoms with Crippen molar-refractivity contribution in [1.82, 2.24) is 15.0 Å². The number of nitrogens with zero attached hydrogens (tertiary/aromatic N) is 6. The largest absolute Gasteiger partial charge is 0.355 e. The van der Waals surface area contributed by atoms with E-state index in [1.165, 1.54) is 18.6 Å². The van der Waals surface area contributed by atoms with Gasteiger partial charge in [0.05, 0.1) is 18.6 Å². The van der Waals surface area contributed by atoms with E-state index in [2.05, 4.69) is 30.4 Å². The van der Waals surface area contributed by atoms with Crippen molar-refractivity contribution < 1.29 is 14.5 Å². The first kappa shape index (κ1) is 21.3. The van der Waals surface area contributed by atoms with Crippen LogP contribution in [0.15, 0.2) is 106 Å². The molecule has 3 aromatic carbocycles. The second kappa shape index (κ2) is 11.5. The minimum absolute atomic E-state index is 0.146. The average molecular weight is 438 g/mol. The number of benzene rings is 3. The maximum atomic E-state index is 5.26. The maximum Gasteiger partial charge on any atom is 0.355 e. The van der Waals surface area contributed by atoms with Crippen molar-refractivity contribution in [3.05, 3.63) is 108 Å². The molecule has 0 aliphatic heterocycles. The van der Waals surface area contributed by atoms with Gasteiger partial charge in [-0.1, -0.05) is 106 Å². The molecule has 1 aromatic heterocycles. The van der Waals surface area contributed by atoms with Crippen molar-refractivity contribution in [1.29, 1.82) is 0 Å². The summed E-state index contributed by atoms with van der Waals surface area (Å²) in [4.78, 5) is 27.9. The van der Waals surface area contributed by atoms with Crippen molar-refractivity contribution >= 4 is 18.6 Å². The fourth-order valence-corrected chi connectivity index (χ4v) is 2.46. The fraction of sp³-hybridized carbons (Fsp3) is 0. The van der Waals surface area contributed by atoms with Gasteiger partial charge < -0.3 is 14.5 Å². The summed E-state index contributed by atoms with van der Waals surface area (Å²) in [5, 5.41) is 11.7. The van der Waals surface area contributed by atoms with Crippen LogP contribution in [-0.2, 0) is 0 Å². The van der Waals surface area contributed by atoms with Crippen LogP contribution >= 0.6 is 0 Å². The smallest absolute Gasteiger partial charge is 0.315 e. The van der Waals surface area contributed by atoms with Crippen molar-refractivity contribution in [2.45, 2.75) is 0 Å². The van der Waals surface area contributed by atoms with Crippen LogP contribution in [0.25, 0.3) is 0 Å². The first-order valence-electron chi connectivity index (χ1n) is 9.87. The third-order valence-electron chi connectivity index (χ3n) is 3.98. The summed E-state index contributed by atoms with van der Waals surface area (Å²) in [5.74, 6) is 0. The highest BCUT2D eigenvalue weighted by molar-refractivity contribution is 5.79. The molecule has 4 rings (SSSR count). The zero-order valence-electron chi connectivity index (χ0n) is 17.3. The Morgan fingerprint density at radius 1 is 0.424 bits per heavy atom. The Hall–Kier alpha value is -4.92. The normalized spacial score (nSPS) is 11.3. The first-order valence-corrected chi connectivity index (χ1v) is 9.87. The van der Waals surface area contributed by atoms with Crippen LogP contribution in [0.2, 0.25) is 0 Å². The molecule has 0 fully saturated rings. The molecule has 0 radical (unpaired) electrons. The molecule has 0 bridgehead atoms. The highest BCUT2D eigenvalue weighted by atomic mass is 16.7. The molecular weight excluding hydrogens is 420 g/mol. The molecule has 0 spiro atoms. The predicted octanol–water partition coefficient (Wildman–Crippen LogP) is 4.11. The molecule has 162 valence electrons. The summed E-state index contributed by atoms with van der Waals surface area (Å²) in [5.41, 5.74) is 2.54. The van der Waals surface area contributed by atoms with Crippen LogP contribution in [0.3, 0.4) is 0 Å². The Balaban J connectivity index is 1.49. The number of rotatable bonds is 9. The first-order chi connectivity index (χ1) is 16.3. The van der Waals surface area contributed by atoms with Crippen LogP contribution in [0.1, 0.15) is 16.7 Å². The Morgan fingerprint density at radius 2 is 0.697 bits per heavy atom. The summed E-state index contributed by atoms with van der Waals surface area (Å²) in [7, 11) is 0. The molecule has 9 heteroatoms. The molecule has 4 aromatic rings. The zero-order chi connectivity index (χ0) is 22.6. The van der Waals surface area contributed by atoms with E-state index < -0.39 is 0 Å². The SMILES string of the molecule is C(=NOc1nc(O/N=C\c2ccccc2)nc(O/N=C\c2ccccc2)n1)c1ccccc1. The van der Waals surface area contributed by atoms with Gasteiger partial charge in [0.2, 0.25) is 0 Å². The van der Waals surface area contributed by atoms with Crippen LogP contribution in [0.5, 0.6) is 18.0 Å². The van der Waals surface area contributed by atoms with Gasteiger partial charge in [-0.15, -0.1) is 15.0 Å². The molecule has 0 aliphatic carbocycles. The number of oxime groups is 3. The van der Waals surface area contributed by atoms with E-state index in [0.717, 1.165) is 16.7 Å². The van der Waals surface area contributed by atoms with Gasteiger partial charge in [0, 0.05) is 0 Å². The summed E-state index contributed by atoms with van der Waals surface area (Å²) >= 11 is 0. The molecule has 0 saturated heterocycles. The number of hydrogen-bond acceptors (Lipinski definition) is 9. The zero-order valence-corrected chi connectivity index (χ0v) is 17.3. The molecule has 9 nitrogen and oxygen atoms in total. The van der Waals surface area contributed by atoms with E-state index in [0.29, 0.717) is 0 Å². The third-order valence-corrected chi connectivity index (χ3v) is 3.98. The molecule has 0 N–H and O–H groups in total. The highest BCUT2D eigenvalue weighted by Gasteiger charge is 2.10. The molecule has 0 unspecified atom stereocenters. The van der Waals surface area contributed by atoms with Gasteiger partial charge in [0.15, 0.2) is 0 Å². The lowest BCUT2D eigenvalue weighted by molar-refractivity contribution is 0.251. The van der Waals surface area contributed by atoms with Gasteiger partial charge in [-0.2, -0.15) is 0 Å². The average Bonchev–Trinajstić information content (AvgIpc) is 2.86. The van der Waals surface area contributed by atoms with E-state index in [9.17, 15) is 0 Å². The minimum atomic E-state index is -0.146. The monoisotopic (exact) mass is 438 g/mol. The molecule has 0 atom stereocenters. The minimum Gasteiger partial charge on any atom is -0.315 e. The van der Waals surface area contributed by atoms with E-state index in [1.807, 2.05) is 91.0 Å². The molecule has 0 aliphatic rings. The fourth-order valence-electron chi connectivity index (χ4n) is 2.46. The molecule has 0 saturated carbocycles. The summed E-state index contributed by atoms with van der Waals surface area (Å²) in [6.45, 7) is 0. The lowest BCUT2D eigenvalue weighted by atomic mass is 10.2. The van der Waals surface area contributed by atoms with Crippen LogP contribution in [-0.4, -0.2) is 33.6 Å². The lowest BCUT2D eigenvalue weighted by Crippen LogP contribution is -2.02. The van der Waals surface area contributed by atoms with Gasteiger partial charge in [0.25, 0.3) is 0 Å². The van der Waals surface area contributed by atoms with Crippen molar-refractivity contribution in [3.63, 3.8) is 0 Å². The summed E-state index contributed by atoms with van der Waals surface area (Å²) in [6.07, 6.45) is 4.56. The van der Waals surface area contributed by atoms with Gasteiger partial charge in [0.1, 0.15) is 0 Å². The predicted molar refractivity (Wildman–Crippen MR) is 124 cm³/mol. The Morgan fingerprint density at radius 3 is 0.970 bits per heavy atom. The van der Waals surface area contributed by atoms with Crippen molar-refractivity contribution in [2.24, 2.45) is 15.5 Å². The maximum absolute atomic E-state index is 5.26. The van der Waals surface area contributed by atoms with Gasteiger partial charge in [-0.3, -0.25) is 0 Å². The molecule has 33 heavy (non-hydrogen) atoms. The highest BCUT2D eigenvalue weighted by Crippen LogP contribution is 2.15. The van der Waals surface area contributed by atoms with Crippen molar-refractivity contribution in [3.8, 4) is 18.0 Å². The van der Waals surface area contributed by atoms with Crippen LogP contribution in [0.4, 0.5) is 0 Å². The molecule has 1 heterocycles. The number of hydrogen-bond donors (Lipinski definition) is 0. The van der Waals surface area contributed by atoms with Crippen molar-refractivity contribution in [2.75, 3.05) is 0 Å². The summed E-state index contributed by atoms with van der Waals surface area (Å²) < 4.78 is 0. The molecular formula is C24H18N6O3. The Kier molecular flexibility index (Phi) is 7.41.